The summed E-state index contributed by atoms with van der Waals surface area (Å²) >= 11 is 0. The Kier molecular flexibility index (Phi) is 1.61. The number of hydrogen-bond donors (Lipinski definition) is 0. The van der Waals surface area contributed by atoms with Crippen LogP contribution in [-0.4, -0.2) is 17.1 Å². The molecule has 1 unspecified atom stereocenters. The largest absolute Gasteiger partial charge is 0.438 e. The van der Waals surface area contributed by atoms with Crippen molar-refractivity contribution in [3.63, 3.8) is 0 Å². The van der Waals surface area contributed by atoms with Gasteiger partial charge in [-0.2, -0.15) is 0 Å². The Morgan fingerprint density at radius 1 is 1.33 bits per heavy atom. The highest BCUT2D eigenvalue weighted by Crippen LogP contribution is 2.33. The summed E-state index contributed by atoms with van der Waals surface area (Å²) in [6.45, 7) is 1.85. The fraction of sp³-hybridized carbons (Fsp3) is 0.182. The number of carbonyl (C=O) groups excluding carboxylic acids is 1. The summed E-state index contributed by atoms with van der Waals surface area (Å²) in [5, 5.41) is 1.20. The van der Waals surface area contributed by atoms with Gasteiger partial charge in [-0.15, -0.1) is 5.06 Å². The van der Waals surface area contributed by atoms with Crippen molar-refractivity contribution >= 4 is 5.91 Å². The number of ether oxygens (including phenoxy) is 1. The van der Waals surface area contributed by atoms with Gasteiger partial charge in [-0.25, -0.2) is 0 Å². The highest BCUT2D eigenvalue weighted by molar-refractivity contribution is 5.98. The van der Waals surface area contributed by atoms with E-state index in [1.807, 2.05) is 13.0 Å². The Bertz CT molecular complexity index is 467. The molecule has 0 aromatic heterocycles. The zero-order valence-electron chi connectivity index (χ0n) is 8.14. The summed E-state index contributed by atoms with van der Waals surface area (Å²) in [7, 11) is 0. The van der Waals surface area contributed by atoms with Gasteiger partial charge in [0.15, 0.2) is 0 Å². The molecular weight excluding hydrogens is 194 g/mol. The number of hydroxylamine groups is 2. The third-order valence-electron chi connectivity index (χ3n) is 2.37. The second-order valence-corrected chi connectivity index (χ2v) is 3.51. The first kappa shape index (κ1) is 8.49. The van der Waals surface area contributed by atoms with Gasteiger partial charge in [0, 0.05) is 6.08 Å². The Morgan fingerprint density at radius 2 is 2.13 bits per heavy atom. The SMILES string of the molecule is CC1C=C2Oc3ccccc3C(=O)N2O1. The third-order valence-corrected chi connectivity index (χ3v) is 2.37. The molecule has 3 rings (SSSR count). The predicted octanol–water partition coefficient (Wildman–Crippen LogP) is 1.70. The van der Waals surface area contributed by atoms with E-state index in [9.17, 15) is 4.79 Å². The number of benzene rings is 1. The lowest BCUT2D eigenvalue weighted by molar-refractivity contribution is -0.119. The first-order valence-electron chi connectivity index (χ1n) is 4.75. The van der Waals surface area contributed by atoms with Gasteiger partial charge in [0.1, 0.15) is 11.9 Å². The molecule has 4 nitrogen and oxygen atoms in total. The summed E-state index contributed by atoms with van der Waals surface area (Å²) in [6.07, 6.45) is 1.65. The van der Waals surface area contributed by atoms with Crippen LogP contribution in [0.5, 0.6) is 5.75 Å². The smallest absolute Gasteiger partial charge is 0.288 e. The van der Waals surface area contributed by atoms with E-state index >= 15 is 0 Å². The van der Waals surface area contributed by atoms with Gasteiger partial charge in [0.2, 0.25) is 5.88 Å². The monoisotopic (exact) mass is 203 g/mol. The number of hydrogen-bond acceptors (Lipinski definition) is 3. The van der Waals surface area contributed by atoms with E-state index in [0.29, 0.717) is 17.2 Å². The summed E-state index contributed by atoms with van der Waals surface area (Å²) < 4.78 is 5.54. The number of amides is 1. The fourth-order valence-corrected chi connectivity index (χ4v) is 1.69. The first-order valence-corrected chi connectivity index (χ1v) is 4.75. The quantitative estimate of drug-likeness (QED) is 0.644. The van der Waals surface area contributed by atoms with Crippen LogP contribution in [0, 0.1) is 0 Å². The molecule has 76 valence electrons. The average molecular weight is 203 g/mol. The molecule has 2 aliphatic rings. The van der Waals surface area contributed by atoms with Gasteiger partial charge in [0.05, 0.1) is 5.56 Å². The maximum atomic E-state index is 11.9. The standard InChI is InChI=1S/C11H9NO3/c1-7-6-10-12(15-7)11(13)8-4-2-3-5-9(8)14-10/h2-7H,1H3. The molecule has 0 saturated carbocycles. The van der Waals surface area contributed by atoms with Crippen molar-refractivity contribution in [1.82, 2.24) is 5.06 Å². The summed E-state index contributed by atoms with van der Waals surface area (Å²) in [4.78, 5) is 17.2. The van der Waals surface area contributed by atoms with Crippen LogP contribution < -0.4 is 4.74 Å². The second-order valence-electron chi connectivity index (χ2n) is 3.51. The molecular formula is C11H9NO3. The van der Waals surface area contributed by atoms with Crippen LogP contribution in [0.2, 0.25) is 0 Å². The fourth-order valence-electron chi connectivity index (χ4n) is 1.69. The van der Waals surface area contributed by atoms with Crippen LogP contribution in [0.1, 0.15) is 17.3 Å². The van der Waals surface area contributed by atoms with Crippen molar-refractivity contribution < 1.29 is 14.4 Å². The summed E-state index contributed by atoms with van der Waals surface area (Å²) in [6, 6.07) is 7.13. The topological polar surface area (TPSA) is 38.8 Å². The molecule has 1 amide bonds. The minimum absolute atomic E-state index is 0.127. The van der Waals surface area contributed by atoms with E-state index in [4.69, 9.17) is 9.57 Å². The number of nitrogens with zero attached hydrogens (tertiary/aromatic N) is 1. The Morgan fingerprint density at radius 3 is 3.00 bits per heavy atom. The molecule has 0 spiro atoms. The Labute approximate surface area is 86.7 Å². The van der Waals surface area contributed by atoms with Crippen molar-refractivity contribution in [3.05, 3.63) is 41.8 Å². The predicted molar refractivity (Wildman–Crippen MR) is 51.9 cm³/mol. The molecule has 2 aliphatic heterocycles. The van der Waals surface area contributed by atoms with E-state index in [-0.39, 0.29) is 12.0 Å². The minimum atomic E-state index is -0.174. The van der Waals surface area contributed by atoms with Gasteiger partial charge >= 0.3 is 0 Å². The second kappa shape index (κ2) is 2.84. The Hall–Kier alpha value is -1.81. The van der Waals surface area contributed by atoms with Crippen LogP contribution >= 0.6 is 0 Å². The molecule has 0 bridgehead atoms. The van der Waals surface area contributed by atoms with Gasteiger partial charge in [0.25, 0.3) is 5.91 Å². The van der Waals surface area contributed by atoms with Crippen molar-refractivity contribution in [2.75, 3.05) is 0 Å². The van der Waals surface area contributed by atoms with Gasteiger partial charge in [-0.05, 0) is 19.1 Å². The molecule has 0 fully saturated rings. The van der Waals surface area contributed by atoms with Gasteiger partial charge in [-0.1, -0.05) is 12.1 Å². The molecule has 1 aromatic carbocycles. The van der Waals surface area contributed by atoms with E-state index < -0.39 is 0 Å². The van der Waals surface area contributed by atoms with Crippen molar-refractivity contribution in [2.45, 2.75) is 13.0 Å². The molecule has 2 heterocycles. The summed E-state index contributed by atoms with van der Waals surface area (Å²) in [5.41, 5.74) is 0.531. The van der Waals surface area contributed by atoms with Crippen LogP contribution in [-0.2, 0) is 4.84 Å². The maximum absolute atomic E-state index is 11.9. The van der Waals surface area contributed by atoms with E-state index in [2.05, 4.69) is 0 Å². The van der Waals surface area contributed by atoms with Crippen molar-refractivity contribution in [1.29, 1.82) is 0 Å². The average Bonchev–Trinajstić information content (AvgIpc) is 2.59. The van der Waals surface area contributed by atoms with E-state index in [1.54, 1.807) is 24.3 Å². The van der Waals surface area contributed by atoms with Crippen LogP contribution in [0.3, 0.4) is 0 Å². The zero-order valence-corrected chi connectivity index (χ0v) is 8.14. The van der Waals surface area contributed by atoms with Gasteiger partial charge in [-0.3, -0.25) is 9.63 Å². The molecule has 15 heavy (non-hydrogen) atoms. The molecule has 1 aromatic rings. The van der Waals surface area contributed by atoms with Crippen LogP contribution in [0.25, 0.3) is 0 Å². The number of para-hydroxylation sites is 1. The molecule has 0 N–H and O–H groups in total. The molecule has 0 saturated heterocycles. The number of rotatable bonds is 0. The van der Waals surface area contributed by atoms with E-state index in [1.165, 1.54) is 5.06 Å². The lowest BCUT2D eigenvalue weighted by Crippen LogP contribution is -2.34. The van der Waals surface area contributed by atoms with Crippen LogP contribution in [0.4, 0.5) is 0 Å². The third kappa shape index (κ3) is 1.15. The van der Waals surface area contributed by atoms with Crippen molar-refractivity contribution in [2.24, 2.45) is 0 Å². The zero-order chi connectivity index (χ0) is 10.4. The van der Waals surface area contributed by atoms with Gasteiger partial charge < -0.3 is 4.74 Å². The summed E-state index contributed by atoms with van der Waals surface area (Å²) in [5.74, 6) is 0.876. The van der Waals surface area contributed by atoms with Crippen molar-refractivity contribution in [3.8, 4) is 5.75 Å². The minimum Gasteiger partial charge on any atom is -0.438 e. The normalized spacial score (nSPS) is 23.0. The highest BCUT2D eigenvalue weighted by atomic mass is 16.7. The highest BCUT2D eigenvalue weighted by Gasteiger charge is 2.36. The maximum Gasteiger partial charge on any atom is 0.288 e. The number of carbonyl (C=O) groups is 1. The first-order chi connectivity index (χ1) is 7.25. The molecule has 4 heteroatoms. The van der Waals surface area contributed by atoms with Crippen LogP contribution in [0.15, 0.2) is 36.2 Å². The molecule has 0 aliphatic carbocycles. The van der Waals surface area contributed by atoms with E-state index in [0.717, 1.165) is 0 Å². The molecule has 0 radical (unpaired) electrons. The number of fused-ring (bicyclic) bond motifs is 2. The molecule has 1 atom stereocenters. The lowest BCUT2D eigenvalue weighted by atomic mass is 10.1. The Balaban J connectivity index is 2.10. The lowest BCUT2D eigenvalue weighted by Gasteiger charge is -2.25.